The van der Waals surface area contributed by atoms with Crippen LogP contribution in [-0.4, -0.2) is 7.11 Å². The SMILES string of the molecule is COP(=O)(c1ccc(Cl)cc1)c1ccc(Cl)cc1. The summed E-state index contributed by atoms with van der Waals surface area (Å²) in [5.74, 6) is 0. The standard InChI is InChI=1S/C13H11Cl2O2P/c1-17-18(16,12-6-2-10(14)3-7-12)13-8-4-11(15)5-9-13/h2-9H,1H3. The molecule has 0 bridgehead atoms. The van der Waals surface area contributed by atoms with Crippen molar-refractivity contribution in [2.45, 2.75) is 0 Å². The van der Waals surface area contributed by atoms with Gasteiger partial charge in [-0.3, -0.25) is 4.57 Å². The molecular formula is C13H11Cl2O2P. The molecule has 0 aliphatic carbocycles. The maximum Gasteiger partial charge on any atom is 0.261 e. The largest absolute Gasteiger partial charge is 0.325 e. The van der Waals surface area contributed by atoms with Gasteiger partial charge in [0.2, 0.25) is 0 Å². The maximum atomic E-state index is 12.9. The van der Waals surface area contributed by atoms with Crippen molar-refractivity contribution in [2.75, 3.05) is 7.11 Å². The Hall–Kier alpha value is -0.790. The van der Waals surface area contributed by atoms with Gasteiger partial charge in [-0.1, -0.05) is 23.2 Å². The molecule has 0 unspecified atom stereocenters. The van der Waals surface area contributed by atoms with E-state index in [1.54, 1.807) is 48.5 Å². The number of rotatable bonds is 3. The first-order valence-electron chi connectivity index (χ1n) is 5.24. The second kappa shape index (κ2) is 5.46. The zero-order valence-electron chi connectivity index (χ0n) is 9.64. The number of hydrogen-bond donors (Lipinski definition) is 0. The Labute approximate surface area is 116 Å². The third kappa shape index (κ3) is 2.62. The Morgan fingerprint density at radius 1 is 0.833 bits per heavy atom. The third-order valence-electron chi connectivity index (χ3n) is 2.59. The molecule has 0 saturated carbocycles. The van der Waals surface area contributed by atoms with Gasteiger partial charge in [0.25, 0.3) is 7.37 Å². The van der Waals surface area contributed by atoms with E-state index in [1.807, 2.05) is 0 Å². The quantitative estimate of drug-likeness (QED) is 0.804. The molecule has 0 atom stereocenters. The van der Waals surface area contributed by atoms with E-state index in [0.717, 1.165) is 0 Å². The predicted molar refractivity (Wildman–Crippen MR) is 76.8 cm³/mol. The minimum atomic E-state index is -3.06. The Kier molecular flexibility index (Phi) is 4.14. The number of hydrogen-bond acceptors (Lipinski definition) is 2. The van der Waals surface area contributed by atoms with Crippen molar-refractivity contribution in [1.29, 1.82) is 0 Å². The van der Waals surface area contributed by atoms with Crippen LogP contribution in [0.25, 0.3) is 0 Å². The van der Waals surface area contributed by atoms with Gasteiger partial charge in [0.15, 0.2) is 0 Å². The molecule has 0 aliphatic rings. The lowest BCUT2D eigenvalue weighted by molar-refractivity contribution is 0.412. The monoisotopic (exact) mass is 300 g/mol. The van der Waals surface area contributed by atoms with E-state index in [-0.39, 0.29) is 0 Å². The highest BCUT2D eigenvalue weighted by molar-refractivity contribution is 7.74. The minimum Gasteiger partial charge on any atom is -0.325 e. The lowest BCUT2D eigenvalue weighted by Gasteiger charge is -2.16. The van der Waals surface area contributed by atoms with Crippen molar-refractivity contribution < 1.29 is 9.09 Å². The van der Waals surface area contributed by atoms with Crippen molar-refractivity contribution in [3.63, 3.8) is 0 Å². The summed E-state index contributed by atoms with van der Waals surface area (Å²) in [6.45, 7) is 0. The highest BCUT2D eigenvalue weighted by atomic mass is 35.5. The van der Waals surface area contributed by atoms with Gasteiger partial charge in [-0.05, 0) is 48.5 Å². The fraction of sp³-hybridized carbons (Fsp3) is 0.0769. The van der Waals surface area contributed by atoms with E-state index in [2.05, 4.69) is 0 Å². The maximum absolute atomic E-state index is 12.9. The summed E-state index contributed by atoms with van der Waals surface area (Å²) < 4.78 is 18.2. The summed E-state index contributed by atoms with van der Waals surface area (Å²) in [7, 11) is -1.63. The first-order chi connectivity index (χ1) is 8.56. The van der Waals surface area contributed by atoms with E-state index in [0.29, 0.717) is 20.7 Å². The molecule has 0 N–H and O–H groups in total. The highest BCUT2D eigenvalue weighted by Crippen LogP contribution is 2.43. The summed E-state index contributed by atoms with van der Waals surface area (Å²) in [6, 6.07) is 13.6. The molecular weight excluding hydrogens is 290 g/mol. The summed E-state index contributed by atoms with van der Waals surface area (Å²) in [5.41, 5.74) is 0. The van der Waals surface area contributed by atoms with Crippen LogP contribution in [-0.2, 0) is 9.09 Å². The molecule has 18 heavy (non-hydrogen) atoms. The first kappa shape index (κ1) is 13.6. The summed E-state index contributed by atoms with van der Waals surface area (Å²) >= 11 is 11.6. The first-order valence-corrected chi connectivity index (χ1v) is 7.62. The topological polar surface area (TPSA) is 26.3 Å². The van der Waals surface area contributed by atoms with Crippen molar-refractivity contribution in [2.24, 2.45) is 0 Å². The summed E-state index contributed by atoms with van der Waals surface area (Å²) in [4.78, 5) is 0. The zero-order chi connectivity index (χ0) is 13.2. The van der Waals surface area contributed by atoms with Crippen molar-refractivity contribution >= 4 is 41.2 Å². The molecule has 0 amide bonds. The number of benzene rings is 2. The summed E-state index contributed by atoms with van der Waals surface area (Å²) in [5, 5.41) is 2.41. The van der Waals surface area contributed by atoms with E-state index in [9.17, 15) is 4.57 Å². The van der Waals surface area contributed by atoms with Gasteiger partial charge < -0.3 is 4.52 Å². The van der Waals surface area contributed by atoms with Crippen molar-refractivity contribution in [1.82, 2.24) is 0 Å². The molecule has 2 aromatic carbocycles. The molecule has 2 nitrogen and oxygen atoms in total. The van der Waals surface area contributed by atoms with Gasteiger partial charge in [-0.15, -0.1) is 0 Å². The molecule has 0 saturated heterocycles. The molecule has 2 rings (SSSR count). The van der Waals surface area contributed by atoms with Crippen LogP contribution >= 0.6 is 30.6 Å². The van der Waals surface area contributed by atoms with Crippen LogP contribution in [0.2, 0.25) is 10.0 Å². The normalized spacial score (nSPS) is 11.5. The Bertz CT molecular complexity index is 529. The molecule has 0 radical (unpaired) electrons. The predicted octanol–water partition coefficient (Wildman–Crippen LogP) is 3.87. The van der Waals surface area contributed by atoms with E-state index >= 15 is 0 Å². The molecule has 2 aromatic rings. The van der Waals surface area contributed by atoms with Crippen LogP contribution in [0, 0.1) is 0 Å². The average molecular weight is 301 g/mol. The minimum absolute atomic E-state index is 0.595. The van der Waals surface area contributed by atoms with Crippen LogP contribution < -0.4 is 10.6 Å². The van der Waals surface area contributed by atoms with Crippen LogP contribution in [0.15, 0.2) is 48.5 Å². The van der Waals surface area contributed by atoms with Gasteiger partial charge in [0.1, 0.15) is 0 Å². The number of halogens is 2. The van der Waals surface area contributed by atoms with Crippen molar-refractivity contribution in [3.05, 3.63) is 58.6 Å². The molecule has 0 aromatic heterocycles. The lowest BCUT2D eigenvalue weighted by atomic mass is 10.4. The smallest absolute Gasteiger partial charge is 0.261 e. The molecule has 0 spiro atoms. The van der Waals surface area contributed by atoms with E-state index in [1.165, 1.54) is 7.11 Å². The van der Waals surface area contributed by atoms with Gasteiger partial charge >= 0.3 is 0 Å². The summed E-state index contributed by atoms with van der Waals surface area (Å²) in [6.07, 6.45) is 0. The molecule has 5 heteroatoms. The third-order valence-corrected chi connectivity index (χ3v) is 5.56. The highest BCUT2D eigenvalue weighted by Gasteiger charge is 2.26. The van der Waals surface area contributed by atoms with Crippen LogP contribution in [0.1, 0.15) is 0 Å². The van der Waals surface area contributed by atoms with Crippen LogP contribution in [0.5, 0.6) is 0 Å². The Balaban J connectivity index is 2.51. The Morgan fingerprint density at radius 2 is 1.17 bits per heavy atom. The zero-order valence-corrected chi connectivity index (χ0v) is 12.0. The van der Waals surface area contributed by atoms with E-state index < -0.39 is 7.37 Å². The van der Waals surface area contributed by atoms with Gasteiger partial charge in [-0.25, -0.2) is 0 Å². The lowest BCUT2D eigenvalue weighted by Crippen LogP contribution is -2.16. The molecule has 94 valence electrons. The van der Waals surface area contributed by atoms with Gasteiger partial charge in [-0.2, -0.15) is 0 Å². The second-order valence-electron chi connectivity index (χ2n) is 3.69. The van der Waals surface area contributed by atoms with Gasteiger partial charge in [0, 0.05) is 27.8 Å². The van der Waals surface area contributed by atoms with Crippen molar-refractivity contribution in [3.8, 4) is 0 Å². The molecule has 0 aliphatic heterocycles. The average Bonchev–Trinajstić information content (AvgIpc) is 2.39. The molecule has 0 heterocycles. The van der Waals surface area contributed by atoms with Crippen LogP contribution in [0.4, 0.5) is 0 Å². The Morgan fingerprint density at radius 3 is 1.44 bits per heavy atom. The fourth-order valence-electron chi connectivity index (χ4n) is 1.63. The fourth-order valence-corrected chi connectivity index (χ4v) is 3.69. The van der Waals surface area contributed by atoms with Crippen LogP contribution in [0.3, 0.4) is 0 Å². The van der Waals surface area contributed by atoms with E-state index in [4.69, 9.17) is 27.7 Å². The van der Waals surface area contributed by atoms with Gasteiger partial charge in [0.05, 0.1) is 0 Å². The second-order valence-corrected chi connectivity index (χ2v) is 7.06. The molecule has 0 fully saturated rings.